The molecule has 0 aromatic heterocycles. The van der Waals surface area contributed by atoms with Crippen LogP contribution in [0.15, 0.2) is 0 Å². The van der Waals surface area contributed by atoms with Crippen LogP contribution in [0.4, 0.5) is 0 Å². The van der Waals surface area contributed by atoms with Gasteiger partial charge in [-0.05, 0) is 50.5 Å². The Morgan fingerprint density at radius 1 is 1.09 bits per heavy atom. The molecule has 4 aliphatic rings. The Hall–Kier alpha value is -1.10. The van der Waals surface area contributed by atoms with E-state index in [1.54, 1.807) is 0 Å². The summed E-state index contributed by atoms with van der Waals surface area (Å²) in [6.07, 6.45) is 6.39. The van der Waals surface area contributed by atoms with E-state index in [1.807, 2.05) is 0 Å². The van der Waals surface area contributed by atoms with Gasteiger partial charge in [-0.25, -0.2) is 0 Å². The molecule has 5 atom stereocenters. The van der Waals surface area contributed by atoms with Crippen LogP contribution in [-0.2, 0) is 14.3 Å². The van der Waals surface area contributed by atoms with E-state index in [1.165, 1.54) is 39.2 Å². The number of hydrogen-bond acceptors (Lipinski definition) is 4. The number of piperidine rings is 4. The smallest absolute Gasteiger partial charge is 0.303 e. The highest BCUT2D eigenvalue weighted by Crippen LogP contribution is 2.43. The van der Waals surface area contributed by atoms with Gasteiger partial charge in [-0.3, -0.25) is 14.5 Å². The lowest BCUT2D eigenvalue weighted by Gasteiger charge is -2.57. The number of fused-ring (bicyclic) bond motifs is 6. The summed E-state index contributed by atoms with van der Waals surface area (Å²) in [4.78, 5) is 28.7. The van der Waals surface area contributed by atoms with Gasteiger partial charge >= 0.3 is 5.97 Å². The second kappa shape index (κ2) is 5.52. The lowest BCUT2D eigenvalue weighted by Crippen LogP contribution is -2.66. The number of amides is 1. The van der Waals surface area contributed by atoms with Gasteiger partial charge < -0.3 is 9.64 Å². The fraction of sp³-hybridized carbons (Fsp3) is 0.882. The number of hydrogen-bond donors (Lipinski definition) is 0. The highest BCUT2D eigenvalue weighted by atomic mass is 16.5. The summed E-state index contributed by atoms with van der Waals surface area (Å²) < 4.78 is 5.24. The largest absolute Gasteiger partial charge is 0.452 e. The van der Waals surface area contributed by atoms with Crippen molar-refractivity contribution in [2.45, 2.75) is 63.6 Å². The molecule has 122 valence electrons. The third kappa shape index (κ3) is 2.34. The van der Waals surface area contributed by atoms with E-state index in [0.717, 1.165) is 19.5 Å². The predicted molar refractivity (Wildman–Crippen MR) is 81.1 cm³/mol. The summed E-state index contributed by atoms with van der Waals surface area (Å²) in [5.74, 6) is 0.962. The molecule has 0 saturated carbocycles. The number of ether oxygens (including phenoxy) is 1. The van der Waals surface area contributed by atoms with Crippen molar-refractivity contribution in [1.82, 2.24) is 9.80 Å². The van der Waals surface area contributed by atoms with Crippen molar-refractivity contribution in [3.8, 4) is 0 Å². The number of rotatable bonds is 1. The molecule has 0 radical (unpaired) electrons. The molecule has 5 nitrogen and oxygen atoms in total. The summed E-state index contributed by atoms with van der Waals surface area (Å²) in [6, 6.07) is 1.05. The first kappa shape index (κ1) is 14.5. The van der Waals surface area contributed by atoms with Crippen molar-refractivity contribution in [2.24, 2.45) is 11.8 Å². The predicted octanol–water partition coefficient (Wildman–Crippen LogP) is 1.41. The molecule has 4 aliphatic heterocycles. The number of esters is 1. The van der Waals surface area contributed by atoms with Crippen molar-refractivity contribution in [1.29, 1.82) is 0 Å². The van der Waals surface area contributed by atoms with Gasteiger partial charge in [-0.15, -0.1) is 0 Å². The molecule has 0 N–H and O–H groups in total. The Labute approximate surface area is 132 Å². The van der Waals surface area contributed by atoms with Crippen molar-refractivity contribution >= 4 is 11.9 Å². The van der Waals surface area contributed by atoms with Crippen molar-refractivity contribution in [3.05, 3.63) is 0 Å². The molecular weight excluding hydrogens is 280 g/mol. The SMILES string of the molecule is CC(=O)O[C@@H]1CC[C@@H]2[C@@H]3C[C@H](CN2C1=O)[C@@H]1CCCCN1C3. The summed E-state index contributed by atoms with van der Waals surface area (Å²) in [6.45, 7) is 4.67. The lowest BCUT2D eigenvalue weighted by atomic mass is 9.70. The monoisotopic (exact) mass is 306 g/mol. The first-order valence-electron chi connectivity index (χ1n) is 8.85. The Balaban J connectivity index is 1.52. The van der Waals surface area contributed by atoms with Crippen molar-refractivity contribution < 1.29 is 14.3 Å². The summed E-state index contributed by atoms with van der Waals surface area (Å²) >= 11 is 0. The first-order chi connectivity index (χ1) is 10.6. The molecule has 1 amide bonds. The average molecular weight is 306 g/mol. The molecule has 4 heterocycles. The van der Waals surface area contributed by atoms with E-state index in [2.05, 4.69) is 9.80 Å². The van der Waals surface area contributed by atoms with Gasteiger partial charge in [0.15, 0.2) is 6.10 Å². The highest BCUT2D eigenvalue weighted by Gasteiger charge is 2.50. The quantitative estimate of drug-likeness (QED) is 0.687. The molecule has 0 unspecified atom stereocenters. The topological polar surface area (TPSA) is 49.9 Å². The Morgan fingerprint density at radius 2 is 1.91 bits per heavy atom. The normalized spacial score (nSPS) is 41.6. The van der Waals surface area contributed by atoms with Gasteiger partial charge in [-0.2, -0.15) is 0 Å². The van der Waals surface area contributed by atoms with E-state index in [9.17, 15) is 9.59 Å². The molecule has 4 rings (SSSR count). The third-order valence-corrected chi connectivity index (χ3v) is 6.25. The van der Waals surface area contributed by atoms with Gasteiger partial charge in [-0.1, -0.05) is 6.42 Å². The summed E-state index contributed by atoms with van der Waals surface area (Å²) in [5.41, 5.74) is 0. The maximum Gasteiger partial charge on any atom is 0.303 e. The molecule has 0 spiro atoms. The van der Waals surface area contributed by atoms with Crippen LogP contribution >= 0.6 is 0 Å². The number of carbonyl (C=O) groups is 2. The fourth-order valence-corrected chi connectivity index (χ4v) is 5.40. The first-order valence-corrected chi connectivity index (χ1v) is 8.85. The molecular formula is C17H26N2O3. The van der Waals surface area contributed by atoms with Crippen molar-refractivity contribution in [3.63, 3.8) is 0 Å². The Kier molecular flexibility index (Phi) is 3.63. The van der Waals surface area contributed by atoms with E-state index in [-0.39, 0.29) is 11.9 Å². The molecule has 2 bridgehead atoms. The van der Waals surface area contributed by atoms with Gasteiger partial charge in [0.25, 0.3) is 5.91 Å². The Bertz CT molecular complexity index is 481. The standard InChI is InChI=1S/C17H26N2O3/c1-11(20)22-16-6-5-15-12-8-13(10-19(15)17(16)21)14-4-2-3-7-18(14)9-12/h12-16H,2-10H2,1H3/t12-,13-,14+,15-,16-/m1/s1. The van der Waals surface area contributed by atoms with Gasteiger partial charge in [0, 0.05) is 32.1 Å². The van der Waals surface area contributed by atoms with Crippen LogP contribution in [0.25, 0.3) is 0 Å². The molecule has 0 aromatic rings. The molecule has 4 fully saturated rings. The van der Waals surface area contributed by atoms with E-state index < -0.39 is 6.10 Å². The molecule has 5 heteroatoms. The highest BCUT2D eigenvalue weighted by molar-refractivity contribution is 5.84. The van der Waals surface area contributed by atoms with Crippen LogP contribution in [-0.4, -0.2) is 59.5 Å². The third-order valence-electron chi connectivity index (χ3n) is 6.25. The van der Waals surface area contributed by atoms with Crippen LogP contribution in [0.1, 0.15) is 45.4 Å². The maximum atomic E-state index is 12.7. The number of carbonyl (C=O) groups excluding carboxylic acids is 2. The van der Waals surface area contributed by atoms with E-state index in [0.29, 0.717) is 30.3 Å². The average Bonchev–Trinajstić information content (AvgIpc) is 2.50. The van der Waals surface area contributed by atoms with Crippen LogP contribution < -0.4 is 0 Å². The minimum Gasteiger partial charge on any atom is -0.452 e. The Morgan fingerprint density at radius 3 is 2.73 bits per heavy atom. The summed E-state index contributed by atoms with van der Waals surface area (Å²) in [7, 11) is 0. The van der Waals surface area contributed by atoms with Gasteiger partial charge in [0.2, 0.25) is 0 Å². The molecule has 0 aromatic carbocycles. The maximum absolute atomic E-state index is 12.7. The second-order valence-electron chi connectivity index (χ2n) is 7.55. The minimum atomic E-state index is -0.532. The number of nitrogens with zero attached hydrogens (tertiary/aromatic N) is 2. The van der Waals surface area contributed by atoms with Crippen LogP contribution in [0, 0.1) is 11.8 Å². The van der Waals surface area contributed by atoms with E-state index >= 15 is 0 Å². The summed E-state index contributed by atoms with van der Waals surface area (Å²) in [5, 5.41) is 0. The molecule has 0 aliphatic carbocycles. The molecule has 4 saturated heterocycles. The lowest BCUT2D eigenvalue weighted by molar-refractivity contribution is -0.172. The van der Waals surface area contributed by atoms with Crippen LogP contribution in [0.2, 0.25) is 0 Å². The van der Waals surface area contributed by atoms with Gasteiger partial charge in [0.05, 0.1) is 0 Å². The zero-order valence-electron chi connectivity index (χ0n) is 13.4. The molecule has 22 heavy (non-hydrogen) atoms. The zero-order valence-corrected chi connectivity index (χ0v) is 13.4. The van der Waals surface area contributed by atoms with Crippen molar-refractivity contribution in [2.75, 3.05) is 19.6 Å². The minimum absolute atomic E-state index is 0.0606. The van der Waals surface area contributed by atoms with Crippen LogP contribution in [0.3, 0.4) is 0 Å². The van der Waals surface area contributed by atoms with Gasteiger partial charge in [0.1, 0.15) is 0 Å². The zero-order chi connectivity index (χ0) is 15.3. The van der Waals surface area contributed by atoms with E-state index in [4.69, 9.17) is 4.74 Å². The second-order valence-corrected chi connectivity index (χ2v) is 7.55. The van der Waals surface area contributed by atoms with Crippen LogP contribution in [0.5, 0.6) is 0 Å². The fourth-order valence-electron chi connectivity index (χ4n) is 5.40.